The number of hydrogen-bond donors (Lipinski definition) is 1. The number of rotatable bonds is 3. The smallest absolute Gasteiger partial charge is 0.427 e. The van der Waals surface area contributed by atoms with Crippen LogP contribution in [-0.2, 0) is 4.74 Å². The minimum absolute atomic E-state index is 0.469. The van der Waals surface area contributed by atoms with Crippen molar-refractivity contribution in [2.75, 3.05) is 0 Å². The molecule has 50 heavy (non-hydrogen) atoms. The highest BCUT2D eigenvalue weighted by Gasteiger charge is 2.19. The Morgan fingerprint density at radius 1 is 0.620 bits per heavy atom. The summed E-state index contributed by atoms with van der Waals surface area (Å²) in [6.45, 7) is 0.590. The van der Waals surface area contributed by atoms with Crippen LogP contribution in [0.4, 0.5) is 9.59 Å². The molecule has 17 nitrogen and oxygen atoms in total. The SMILES string of the molecule is O=C(On1nnc2ccccc21)On1nnc2ccccc21.[2H]C([2H])([2H])C(C)(C)OC(=O)On1nnc2ccccc21.[2H]OC(C)(C)C([2H])([2H])[2H].c1ccncc1. The van der Waals surface area contributed by atoms with E-state index in [0.717, 1.165) is 14.5 Å². The second-order valence-electron chi connectivity index (χ2n) is 10.8. The second kappa shape index (κ2) is 16.6. The standard InChI is InChI=1S/C13H8N6O3.C11H13N3O3.C5H5N.C4H10O/c20-13(21-18-11-7-3-1-5-9(11)14-16-18)22-19-12-8-4-2-6-10(12)15-17-19;1-11(2,3)16-10(15)17-14-9-7-5-4-6-8(9)12-13-14;1-2-4-6-5-3-1;1-4(2,3)5/h1-8H;4-7H,1-3H3;1-5H;5H,1-3H3/i;1D3;;1D3,5D. The van der Waals surface area contributed by atoms with Gasteiger partial charge < -0.3 is 9.85 Å². The van der Waals surface area contributed by atoms with Crippen molar-refractivity contribution in [3.05, 3.63) is 103 Å². The van der Waals surface area contributed by atoms with Crippen LogP contribution < -0.4 is 14.5 Å². The van der Waals surface area contributed by atoms with Crippen molar-refractivity contribution in [1.29, 1.82) is 1.43 Å². The van der Waals surface area contributed by atoms with Gasteiger partial charge >= 0.3 is 12.3 Å². The Morgan fingerprint density at radius 3 is 1.36 bits per heavy atom. The molecule has 1 N–H and O–H groups in total. The van der Waals surface area contributed by atoms with E-state index in [1.54, 1.807) is 85.2 Å². The zero-order chi connectivity index (χ0) is 41.9. The van der Waals surface area contributed by atoms with Crippen LogP contribution in [0.3, 0.4) is 0 Å². The van der Waals surface area contributed by atoms with E-state index < -0.39 is 37.2 Å². The number of aromatic nitrogens is 10. The van der Waals surface area contributed by atoms with E-state index in [1.165, 1.54) is 27.7 Å². The Labute approximate surface area is 295 Å². The number of pyridine rings is 1. The van der Waals surface area contributed by atoms with Crippen molar-refractivity contribution >= 4 is 45.4 Å². The van der Waals surface area contributed by atoms with E-state index in [-0.39, 0.29) is 0 Å². The first-order valence-electron chi connectivity index (χ1n) is 18.0. The van der Waals surface area contributed by atoms with Gasteiger partial charge in [0.05, 0.1) is 5.60 Å². The summed E-state index contributed by atoms with van der Waals surface area (Å²) in [5, 5.41) is 26.6. The van der Waals surface area contributed by atoms with Crippen LogP contribution in [0.15, 0.2) is 103 Å². The van der Waals surface area contributed by atoms with Crippen LogP contribution in [-0.4, -0.2) is 80.5 Å². The number of carbonyl (C=O) groups excluding carboxylic acids is 2. The van der Waals surface area contributed by atoms with Crippen LogP contribution in [0, 0.1) is 0 Å². The second-order valence-corrected chi connectivity index (χ2v) is 10.8. The lowest BCUT2D eigenvalue weighted by atomic mass is 10.2. The van der Waals surface area contributed by atoms with E-state index in [1.807, 2.05) is 18.2 Å². The number of fused-ring (bicyclic) bond motifs is 3. The van der Waals surface area contributed by atoms with Crippen LogP contribution >= 0.6 is 0 Å². The molecule has 4 heterocycles. The number of hydrogen-bond acceptors (Lipinski definition) is 14. The number of para-hydroxylation sites is 3. The fourth-order valence-electron chi connectivity index (χ4n) is 3.51. The molecular formula is C33H36N10O7. The minimum atomic E-state index is -2.46. The van der Waals surface area contributed by atoms with Gasteiger partial charge in [-0.15, -0.1) is 15.3 Å². The molecule has 3 aromatic carbocycles. The summed E-state index contributed by atoms with van der Waals surface area (Å²) in [7, 11) is 0. The molecule has 0 spiro atoms. The summed E-state index contributed by atoms with van der Waals surface area (Å²) in [4.78, 5) is 44.9. The van der Waals surface area contributed by atoms with Gasteiger partial charge in [0.25, 0.3) is 0 Å². The lowest BCUT2D eigenvalue weighted by molar-refractivity contribution is -0.0158. The zero-order valence-electron chi connectivity index (χ0n) is 34.1. The third-order valence-electron chi connectivity index (χ3n) is 5.35. The predicted octanol–water partition coefficient (Wildman–Crippen LogP) is 4.51. The molecule has 0 aliphatic heterocycles. The highest BCUT2D eigenvalue weighted by molar-refractivity contribution is 5.76. The maximum absolute atomic E-state index is 11.8. The van der Waals surface area contributed by atoms with Gasteiger partial charge in [-0.05, 0) is 106 Å². The maximum atomic E-state index is 11.8. The Hall–Kier alpha value is -6.49. The average Bonchev–Trinajstić information content (AvgIpc) is 3.89. The molecule has 0 saturated heterocycles. The van der Waals surface area contributed by atoms with Crippen LogP contribution in [0.1, 0.15) is 49.6 Å². The Balaban J connectivity index is 0.000000188. The van der Waals surface area contributed by atoms with Gasteiger partial charge in [0.1, 0.15) is 38.7 Å². The fraction of sp³-hybridized carbons (Fsp3) is 0.242. The van der Waals surface area contributed by atoms with Crippen LogP contribution in [0.25, 0.3) is 33.1 Å². The normalized spacial score (nSPS) is 13.4. The first kappa shape index (κ1) is 27.5. The van der Waals surface area contributed by atoms with Gasteiger partial charge in [0.2, 0.25) is 1.43 Å². The number of carbonyl (C=O) groups is 2. The van der Waals surface area contributed by atoms with Gasteiger partial charge in [-0.25, -0.2) is 4.79 Å². The molecule has 0 amide bonds. The number of nitrogens with zero attached hydrogens (tertiary/aromatic N) is 10. The highest BCUT2D eigenvalue weighted by Crippen LogP contribution is 2.12. The Bertz CT molecular complexity index is 2260. The monoisotopic (exact) mass is 691 g/mol. The number of aliphatic hydroxyl groups is 1. The van der Waals surface area contributed by atoms with Crippen LogP contribution in [0.2, 0.25) is 0 Å². The molecule has 0 aliphatic rings. The summed E-state index contributed by atoms with van der Waals surface area (Å²) in [6, 6.07) is 26.6. The quantitative estimate of drug-likeness (QED) is 0.201. The van der Waals surface area contributed by atoms with Gasteiger partial charge in [-0.1, -0.05) is 57.0 Å². The molecule has 7 aromatic rings. The third-order valence-corrected chi connectivity index (χ3v) is 5.35. The van der Waals surface area contributed by atoms with Crippen LogP contribution in [0.5, 0.6) is 0 Å². The lowest BCUT2D eigenvalue weighted by Crippen LogP contribution is -2.30. The molecule has 4 aromatic heterocycles. The zero-order valence-corrected chi connectivity index (χ0v) is 27.1. The molecule has 260 valence electrons. The van der Waals surface area contributed by atoms with E-state index >= 15 is 0 Å². The predicted molar refractivity (Wildman–Crippen MR) is 180 cm³/mol. The number of ether oxygens (including phenoxy) is 1. The summed E-state index contributed by atoms with van der Waals surface area (Å²) in [5.74, 6) is 0. The molecule has 0 unspecified atom stereocenters. The number of benzene rings is 3. The Morgan fingerprint density at radius 2 is 1.04 bits per heavy atom. The van der Waals surface area contributed by atoms with Gasteiger partial charge in [0, 0.05) is 20.6 Å². The van der Waals surface area contributed by atoms with E-state index in [0.29, 0.717) is 33.1 Å². The largest absolute Gasteiger partial charge is 0.562 e. The summed E-state index contributed by atoms with van der Waals surface area (Å²) in [6.07, 6.45) is 1.33. The Kier molecular flexibility index (Phi) is 9.09. The van der Waals surface area contributed by atoms with Crippen molar-refractivity contribution in [3.63, 3.8) is 0 Å². The molecule has 0 bridgehead atoms. The van der Waals surface area contributed by atoms with E-state index in [4.69, 9.17) is 28.9 Å². The molecule has 0 fully saturated rings. The summed E-state index contributed by atoms with van der Waals surface area (Å²) >= 11 is 0. The average molecular weight is 692 g/mol. The van der Waals surface area contributed by atoms with Crippen molar-refractivity contribution in [2.24, 2.45) is 0 Å². The maximum Gasteiger partial charge on any atom is 0.562 e. The van der Waals surface area contributed by atoms with Crippen molar-refractivity contribution < 1.29 is 42.2 Å². The highest BCUT2D eigenvalue weighted by atomic mass is 16.9. The lowest BCUT2D eigenvalue weighted by Gasteiger charge is -2.18. The first-order chi connectivity index (χ1) is 26.8. The molecule has 17 heteroatoms. The van der Waals surface area contributed by atoms with Crippen molar-refractivity contribution in [1.82, 2.24) is 50.5 Å². The molecule has 0 atom stereocenters. The van der Waals surface area contributed by atoms with Gasteiger partial charge in [-0.2, -0.15) is 4.79 Å². The summed E-state index contributed by atoms with van der Waals surface area (Å²) in [5.41, 5.74) is 0.272. The van der Waals surface area contributed by atoms with Gasteiger partial charge in [0.15, 0.2) is 0 Å². The molecular weight excluding hydrogens is 648 g/mol. The van der Waals surface area contributed by atoms with E-state index in [2.05, 4.69) is 41.0 Å². The minimum Gasteiger partial charge on any atom is -0.427 e. The molecule has 0 radical (unpaired) electrons. The summed E-state index contributed by atoms with van der Waals surface area (Å²) < 4.78 is 53.5. The molecule has 0 saturated carbocycles. The van der Waals surface area contributed by atoms with Crippen molar-refractivity contribution in [2.45, 2.75) is 52.6 Å². The van der Waals surface area contributed by atoms with E-state index in [9.17, 15) is 9.59 Å². The first-order valence-corrected chi connectivity index (χ1v) is 14.6. The van der Waals surface area contributed by atoms with Gasteiger partial charge in [-0.3, -0.25) is 19.5 Å². The molecule has 0 aliphatic carbocycles. The fourth-order valence-corrected chi connectivity index (χ4v) is 3.51. The van der Waals surface area contributed by atoms with Crippen molar-refractivity contribution in [3.8, 4) is 0 Å². The topological polar surface area (TPSA) is 196 Å². The molecule has 7 rings (SSSR count). The third kappa shape index (κ3) is 11.6.